The van der Waals surface area contributed by atoms with Gasteiger partial charge < -0.3 is 9.14 Å². The number of hydrogen-bond acceptors (Lipinski definition) is 2. The number of imidazole rings is 1. The maximum atomic E-state index is 5.22. The molecule has 0 atom stereocenters. The summed E-state index contributed by atoms with van der Waals surface area (Å²) in [6.45, 7) is 2.09. The third kappa shape index (κ3) is 2.65. The summed E-state index contributed by atoms with van der Waals surface area (Å²) in [5.74, 6) is 0.863. The predicted octanol–water partition coefficient (Wildman–Crippen LogP) is 4.99. The third-order valence-electron chi connectivity index (χ3n) is 4.23. The first-order valence-corrected chi connectivity index (χ1v) is 7.93. The van der Waals surface area contributed by atoms with Gasteiger partial charge in [0.25, 0.3) is 0 Å². The van der Waals surface area contributed by atoms with Gasteiger partial charge in [0.2, 0.25) is 0 Å². The van der Waals surface area contributed by atoms with Crippen LogP contribution in [0.5, 0.6) is 5.75 Å². The largest absolute Gasteiger partial charge is 0.497 e. The first-order chi connectivity index (χ1) is 11.7. The van der Waals surface area contributed by atoms with Crippen molar-refractivity contribution in [3.05, 3.63) is 78.6 Å². The molecule has 118 valence electrons. The van der Waals surface area contributed by atoms with Crippen molar-refractivity contribution in [1.29, 1.82) is 0 Å². The van der Waals surface area contributed by atoms with Crippen LogP contribution < -0.4 is 4.74 Å². The van der Waals surface area contributed by atoms with E-state index in [9.17, 15) is 0 Å². The molecule has 0 aliphatic rings. The number of fused-ring (bicyclic) bond motifs is 1. The van der Waals surface area contributed by atoms with Gasteiger partial charge in [0, 0.05) is 18.0 Å². The number of nitrogens with zero attached hydrogens (tertiary/aromatic N) is 2. The molecular formula is C21H18N2O. The Kier molecular flexibility index (Phi) is 3.54. The summed E-state index contributed by atoms with van der Waals surface area (Å²) in [5.41, 5.74) is 6.62. The highest BCUT2D eigenvalue weighted by atomic mass is 16.5. The zero-order chi connectivity index (χ0) is 16.5. The van der Waals surface area contributed by atoms with Crippen molar-refractivity contribution in [2.75, 3.05) is 7.11 Å². The summed E-state index contributed by atoms with van der Waals surface area (Å²) < 4.78 is 7.28. The quantitative estimate of drug-likeness (QED) is 0.533. The molecule has 0 aliphatic carbocycles. The molecule has 3 nitrogen and oxygen atoms in total. The molecule has 0 N–H and O–H groups in total. The fourth-order valence-corrected chi connectivity index (χ4v) is 2.81. The SMILES string of the molecule is COc1ccc(-c2ccn3cc(-c4ccc(C)cc4)nc3c2)cc1. The molecule has 0 amide bonds. The van der Waals surface area contributed by atoms with E-state index in [0.29, 0.717) is 0 Å². The van der Waals surface area contributed by atoms with Gasteiger partial charge in [-0.25, -0.2) is 4.98 Å². The van der Waals surface area contributed by atoms with E-state index >= 15 is 0 Å². The normalized spacial score (nSPS) is 10.9. The molecule has 0 saturated heterocycles. The van der Waals surface area contributed by atoms with E-state index in [1.165, 1.54) is 5.56 Å². The Bertz CT molecular complexity index is 983. The molecule has 0 aliphatic heterocycles. The lowest BCUT2D eigenvalue weighted by atomic mass is 10.1. The van der Waals surface area contributed by atoms with E-state index in [1.54, 1.807) is 7.11 Å². The second-order valence-electron chi connectivity index (χ2n) is 5.90. The predicted molar refractivity (Wildman–Crippen MR) is 97.4 cm³/mol. The Hall–Kier alpha value is -3.07. The summed E-state index contributed by atoms with van der Waals surface area (Å²) >= 11 is 0. The highest BCUT2D eigenvalue weighted by Gasteiger charge is 2.06. The van der Waals surface area contributed by atoms with Gasteiger partial charge in [0.05, 0.1) is 12.8 Å². The highest BCUT2D eigenvalue weighted by molar-refractivity contribution is 5.70. The minimum Gasteiger partial charge on any atom is -0.497 e. The van der Waals surface area contributed by atoms with Gasteiger partial charge in [-0.2, -0.15) is 0 Å². The Morgan fingerprint density at radius 2 is 1.54 bits per heavy atom. The van der Waals surface area contributed by atoms with Crippen molar-refractivity contribution in [2.24, 2.45) is 0 Å². The molecule has 4 aromatic rings. The van der Waals surface area contributed by atoms with Crippen molar-refractivity contribution in [1.82, 2.24) is 9.38 Å². The lowest BCUT2D eigenvalue weighted by Crippen LogP contribution is -1.85. The van der Waals surface area contributed by atoms with Crippen LogP contribution in [0.1, 0.15) is 5.56 Å². The Morgan fingerprint density at radius 3 is 2.25 bits per heavy atom. The fraction of sp³-hybridized carbons (Fsp3) is 0.0952. The Balaban J connectivity index is 1.73. The monoisotopic (exact) mass is 314 g/mol. The molecule has 0 unspecified atom stereocenters. The van der Waals surface area contributed by atoms with Crippen LogP contribution in [0, 0.1) is 6.92 Å². The zero-order valence-electron chi connectivity index (χ0n) is 13.7. The number of aromatic nitrogens is 2. The number of rotatable bonds is 3. The number of pyridine rings is 1. The Labute approximate surface area is 141 Å². The van der Waals surface area contributed by atoms with Crippen molar-refractivity contribution in [3.8, 4) is 28.1 Å². The van der Waals surface area contributed by atoms with E-state index in [0.717, 1.165) is 33.8 Å². The number of aryl methyl sites for hydroxylation is 1. The number of benzene rings is 2. The smallest absolute Gasteiger partial charge is 0.138 e. The average molecular weight is 314 g/mol. The van der Waals surface area contributed by atoms with Crippen molar-refractivity contribution in [3.63, 3.8) is 0 Å². The summed E-state index contributed by atoms with van der Waals surface area (Å²) in [6, 6.07) is 20.7. The van der Waals surface area contributed by atoms with Gasteiger partial charge in [-0.3, -0.25) is 0 Å². The summed E-state index contributed by atoms with van der Waals surface area (Å²) in [5, 5.41) is 0. The molecule has 0 fully saturated rings. The van der Waals surface area contributed by atoms with Crippen LogP contribution >= 0.6 is 0 Å². The van der Waals surface area contributed by atoms with Gasteiger partial charge in [-0.05, 0) is 42.3 Å². The van der Waals surface area contributed by atoms with E-state index in [2.05, 4.69) is 72.2 Å². The summed E-state index contributed by atoms with van der Waals surface area (Å²) in [4.78, 5) is 4.77. The van der Waals surface area contributed by atoms with Crippen molar-refractivity contribution < 1.29 is 4.74 Å². The van der Waals surface area contributed by atoms with E-state index in [-0.39, 0.29) is 0 Å². The maximum Gasteiger partial charge on any atom is 0.138 e. The summed E-state index contributed by atoms with van der Waals surface area (Å²) in [6.07, 6.45) is 4.12. The van der Waals surface area contributed by atoms with Crippen LogP contribution in [0.3, 0.4) is 0 Å². The minimum absolute atomic E-state index is 0.863. The van der Waals surface area contributed by atoms with Gasteiger partial charge >= 0.3 is 0 Å². The molecule has 2 aromatic carbocycles. The van der Waals surface area contributed by atoms with Crippen LogP contribution in [0.2, 0.25) is 0 Å². The molecule has 0 radical (unpaired) electrons. The maximum absolute atomic E-state index is 5.22. The lowest BCUT2D eigenvalue weighted by molar-refractivity contribution is 0.415. The number of hydrogen-bond donors (Lipinski definition) is 0. The van der Waals surface area contributed by atoms with Gasteiger partial charge in [-0.15, -0.1) is 0 Å². The second kappa shape index (κ2) is 5.85. The van der Waals surface area contributed by atoms with Crippen LogP contribution in [0.4, 0.5) is 0 Å². The second-order valence-corrected chi connectivity index (χ2v) is 5.90. The Morgan fingerprint density at radius 1 is 0.833 bits per heavy atom. The van der Waals surface area contributed by atoms with Crippen LogP contribution in [-0.4, -0.2) is 16.5 Å². The molecule has 3 heteroatoms. The highest BCUT2D eigenvalue weighted by Crippen LogP contribution is 2.25. The fourth-order valence-electron chi connectivity index (χ4n) is 2.81. The number of methoxy groups -OCH3 is 1. The summed E-state index contributed by atoms with van der Waals surface area (Å²) in [7, 11) is 1.68. The van der Waals surface area contributed by atoms with Gasteiger partial charge in [0.15, 0.2) is 0 Å². The number of ether oxygens (including phenoxy) is 1. The van der Waals surface area contributed by atoms with E-state index < -0.39 is 0 Å². The molecular weight excluding hydrogens is 296 g/mol. The molecule has 24 heavy (non-hydrogen) atoms. The van der Waals surface area contributed by atoms with Crippen LogP contribution in [0.15, 0.2) is 73.1 Å². The third-order valence-corrected chi connectivity index (χ3v) is 4.23. The van der Waals surface area contributed by atoms with Crippen molar-refractivity contribution in [2.45, 2.75) is 6.92 Å². The van der Waals surface area contributed by atoms with Gasteiger partial charge in [-0.1, -0.05) is 42.0 Å². The topological polar surface area (TPSA) is 26.5 Å². The molecule has 0 saturated carbocycles. The van der Waals surface area contributed by atoms with E-state index in [4.69, 9.17) is 9.72 Å². The van der Waals surface area contributed by atoms with E-state index in [1.807, 2.05) is 12.1 Å². The first kappa shape index (κ1) is 14.5. The molecule has 2 heterocycles. The van der Waals surface area contributed by atoms with Crippen LogP contribution in [-0.2, 0) is 0 Å². The molecule has 2 aromatic heterocycles. The van der Waals surface area contributed by atoms with Crippen molar-refractivity contribution >= 4 is 5.65 Å². The lowest BCUT2D eigenvalue weighted by Gasteiger charge is -2.04. The standard InChI is InChI=1S/C21H18N2O/c1-15-3-5-17(6-4-15)20-14-23-12-11-18(13-21(23)22-20)16-7-9-19(24-2)10-8-16/h3-14H,1-2H3. The molecule has 4 rings (SSSR count). The minimum atomic E-state index is 0.863. The average Bonchev–Trinajstić information content (AvgIpc) is 3.05. The first-order valence-electron chi connectivity index (χ1n) is 7.93. The molecule has 0 bridgehead atoms. The zero-order valence-corrected chi connectivity index (χ0v) is 13.7. The van der Waals surface area contributed by atoms with Gasteiger partial charge in [0.1, 0.15) is 11.4 Å². The van der Waals surface area contributed by atoms with Crippen LogP contribution in [0.25, 0.3) is 28.0 Å². The molecule has 0 spiro atoms.